The summed E-state index contributed by atoms with van der Waals surface area (Å²) in [7, 11) is 0. The van der Waals surface area contributed by atoms with E-state index in [4.69, 9.17) is 4.98 Å². The van der Waals surface area contributed by atoms with Crippen LogP contribution >= 0.6 is 0 Å². The van der Waals surface area contributed by atoms with E-state index in [9.17, 15) is 4.79 Å². The Labute approximate surface area is 165 Å². The zero-order valence-corrected chi connectivity index (χ0v) is 16.2. The molecule has 1 N–H and O–H groups in total. The highest BCUT2D eigenvalue weighted by Crippen LogP contribution is 2.27. The third-order valence-electron chi connectivity index (χ3n) is 5.61. The molecule has 2 atom stereocenters. The summed E-state index contributed by atoms with van der Waals surface area (Å²) in [5.41, 5.74) is 2.87. The van der Waals surface area contributed by atoms with Crippen molar-refractivity contribution in [2.45, 2.75) is 31.6 Å². The van der Waals surface area contributed by atoms with Crippen LogP contribution in [-0.2, 0) is 0 Å². The van der Waals surface area contributed by atoms with E-state index < -0.39 is 0 Å². The molecule has 28 heavy (non-hydrogen) atoms. The molecule has 0 amide bonds. The molecule has 1 saturated heterocycles. The van der Waals surface area contributed by atoms with Crippen LogP contribution in [0.15, 0.2) is 65.6 Å². The first kappa shape index (κ1) is 18.6. The van der Waals surface area contributed by atoms with Gasteiger partial charge in [-0.3, -0.25) is 9.78 Å². The summed E-state index contributed by atoms with van der Waals surface area (Å²) in [6.45, 7) is 5.38. The van der Waals surface area contributed by atoms with Crippen molar-refractivity contribution < 1.29 is 0 Å². The molecule has 2 aromatic heterocycles. The van der Waals surface area contributed by atoms with Gasteiger partial charge in [0.2, 0.25) is 0 Å². The molecule has 0 aliphatic carbocycles. The fourth-order valence-electron chi connectivity index (χ4n) is 3.91. The van der Waals surface area contributed by atoms with Gasteiger partial charge in [-0.25, -0.2) is 4.98 Å². The molecule has 5 nitrogen and oxygen atoms in total. The van der Waals surface area contributed by atoms with Gasteiger partial charge in [-0.2, -0.15) is 0 Å². The number of likely N-dealkylation sites (tertiary alicyclic amines) is 1. The Kier molecular flexibility index (Phi) is 5.63. The van der Waals surface area contributed by atoms with Gasteiger partial charge in [0.1, 0.15) is 5.69 Å². The van der Waals surface area contributed by atoms with E-state index >= 15 is 0 Å². The number of benzene rings is 1. The van der Waals surface area contributed by atoms with Crippen LogP contribution in [0.25, 0.3) is 11.5 Å². The maximum Gasteiger partial charge on any atom is 0.251 e. The smallest absolute Gasteiger partial charge is 0.251 e. The quantitative estimate of drug-likeness (QED) is 0.713. The minimum absolute atomic E-state index is 0.109. The van der Waals surface area contributed by atoms with Crippen molar-refractivity contribution >= 4 is 0 Å². The second-order valence-electron chi connectivity index (χ2n) is 7.62. The summed E-state index contributed by atoms with van der Waals surface area (Å²) in [6.07, 6.45) is 3.89. The average Bonchev–Trinajstić information content (AvgIpc) is 3.22. The summed E-state index contributed by atoms with van der Waals surface area (Å²) in [4.78, 5) is 26.5. The number of aromatic amines is 1. The zero-order chi connectivity index (χ0) is 19.3. The van der Waals surface area contributed by atoms with E-state index in [2.05, 4.69) is 52.1 Å². The van der Waals surface area contributed by atoms with Crippen LogP contribution in [0.1, 0.15) is 42.9 Å². The van der Waals surface area contributed by atoms with Crippen molar-refractivity contribution in [1.82, 2.24) is 19.9 Å². The molecule has 5 heteroatoms. The second-order valence-corrected chi connectivity index (χ2v) is 7.62. The standard InChI is InChI=1S/C23H26N4O/c1-17(18-7-3-2-4-8-18)10-13-27-14-11-19(16-27)21-15-22(28)26-23(25-21)20-9-5-6-12-24-20/h2-9,12,15,17,19H,10-11,13-14,16H2,1H3,(H,25,26,28)/t17-,19-/m1/s1. The lowest BCUT2D eigenvalue weighted by atomic mass is 9.98. The number of nitrogens with zero attached hydrogens (tertiary/aromatic N) is 3. The molecule has 1 aliphatic heterocycles. The number of nitrogens with one attached hydrogen (secondary N) is 1. The third kappa shape index (κ3) is 4.37. The molecule has 144 valence electrons. The molecular formula is C23H26N4O. The number of H-pyrrole nitrogens is 1. The lowest BCUT2D eigenvalue weighted by molar-refractivity contribution is 0.320. The van der Waals surface area contributed by atoms with Crippen LogP contribution in [0.3, 0.4) is 0 Å². The zero-order valence-electron chi connectivity index (χ0n) is 16.2. The minimum atomic E-state index is -0.109. The first-order valence-electron chi connectivity index (χ1n) is 9.99. The van der Waals surface area contributed by atoms with Crippen molar-refractivity contribution in [2.24, 2.45) is 0 Å². The number of hydrogen-bond acceptors (Lipinski definition) is 4. The monoisotopic (exact) mass is 374 g/mol. The van der Waals surface area contributed by atoms with Gasteiger partial charge in [0.25, 0.3) is 5.56 Å². The molecule has 0 spiro atoms. The third-order valence-corrected chi connectivity index (χ3v) is 5.61. The SMILES string of the molecule is C[C@H](CCN1CC[C@@H](c2cc(=O)[nH]c(-c3ccccn3)n2)C1)c1ccccc1. The predicted molar refractivity (Wildman–Crippen MR) is 111 cm³/mol. The molecule has 1 aromatic carbocycles. The topological polar surface area (TPSA) is 61.9 Å². The summed E-state index contributed by atoms with van der Waals surface area (Å²) in [5, 5.41) is 0. The van der Waals surface area contributed by atoms with Crippen LogP contribution in [0.2, 0.25) is 0 Å². The van der Waals surface area contributed by atoms with Crippen molar-refractivity contribution in [3.8, 4) is 11.5 Å². The first-order valence-corrected chi connectivity index (χ1v) is 9.99. The van der Waals surface area contributed by atoms with Crippen molar-refractivity contribution in [3.05, 3.63) is 82.4 Å². The fraction of sp³-hybridized carbons (Fsp3) is 0.348. The predicted octanol–water partition coefficient (Wildman–Crippen LogP) is 3.82. The van der Waals surface area contributed by atoms with Crippen molar-refractivity contribution in [3.63, 3.8) is 0 Å². The normalized spacial score (nSPS) is 18.2. The van der Waals surface area contributed by atoms with Crippen molar-refractivity contribution in [1.29, 1.82) is 0 Å². The first-order chi connectivity index (χ1) is 13.7. The molecule has 0 bridgehead atoms. The summed E-state index contributed by atoms with van der Waals surface area (Å²) in [6, 6.07) is 18.0. The van der Waals surface area contributed by atoms with Gasteiger partial charge < -0.3 is 9.88 Å². The lowest BCUT2D eigenvalue weighted by Gasteiger charge is -2.19. The molecule has 1 fully saturated rings. The van der Waals surface area contributed by atoms with Gasteiger partial charge in [0, 0.05) is 24.7 Å². The van der Waals surface area contributed by atoms with Crippen LogP contribution < -0.4 is 5.56 Å². The molecule has 0 unspecified atom stereocenters. The number of rotatable bonds is 6. The number of aromatic nitrogens is 3. The van der Waals surface area contributed by atoms with Gasteiger partial charge in [0.15, 0.2) is 5.82 Å². The van der Waals surface area contributed by atoms with Crippen LogP contribution in [-0.4, -0.2) is 39.5 Å². The molecule has 0 saturated carbocycles. The highest BCUT2D eigenvalue weighted by atomic mass is 16.1. The molecule has 4 rings (SSSR count). The number of pyridine rings is 1. The molecule has 1 aliphatic rings. The summed E-state index contributed by atoms with van der Waals surface area (Å²) < 4.78 is 0. The molecule has 0 radical (unpaired) electrons. The highest BCUT2D eigenvalue weighted by Gasteiger charge is 2.26. The van der Waals surface area contributed by atoms with Crippen LogP contribution in [0.5, 0.6) is 0 Å². The molecular weight excluding hydrogens is 348 g/mol. The maximum atomic E-state index is 12.2. The Morgan fingerprint density at radius 1 is 1.18 bits per heavy atom. The Morgan fingerprint density at radius 3 is 2.79 bits per heavy atom. The van der Waals surface area contributed by atoms with Crippen molar-refractivity contribution in [2.75, 3.05) is 19.6 Å². The Balaban J connectivity index is 1.40. The maximum absolute atomic E-state index is 12.2. The Hall–Kier alpha value is -2.79. The lowest BCUT2D eigenvalue weighted by Crippen LogP contribution is -2.23. The van der Waals surface area contributed by atoms with Crippen LogP contribution in [0, 0.1) is 0 Å². The summed E-state index contributed by atoms with van der Waals surface area (Å²) >= 11 is 0. The largest absolute Gasteiger partial charge is 0.305 e. The Bertz CT molecular complexity index is 955. The van der Waals surface area contributed by atoms with Gasteiger partial charge in [-0.1, -0.05) is 43.3 Å². The minimum Gasteiger partial charge on any atom is -0.305 e. The Morgan fingerprint density at radius 2 is 2.00 bits per heavy atom. The molecule has 3 heterocycles. The van der Waals surface area contributed by atoms with E-state index in [0.717, 1.165) is 38.2 Å². The van der Waals surface area contributed by atoms with Gasteiger partial charge in [-0.15, -0.1) is 0 Å². The van der Waals surface area contributed by atoms with Gasteiger partial charge >= 0.3 is 0 Å². The van der Waals surface area contributed by atoms with E-state index in [1.165, 1.54) is 5.56 Å². The van der Waals surface area contributed by atoms with Crippen LogP contribution in [0.4, 0.5) is 0 Å². The number of hydrogen-bond donors (Lipinski definition) is 1. The average molecular weight is 374 g/mol. The van der Waals surface area contributed by atoms with E-state index in [0.29, 0.717) is 23.4 Å². The fourth-order valence-corrected chi connectivity index (χ4v) is 3.91. The van der Waals surface area contributed by atoms with Gasteiger partial charge in [-0.05, 0) is 49.5 Å². The van der Waals surface area contributed by atoms with E-state index in [-0.39, 0.29) is 5.56 Å². The molecule has 3 aromatic rings. The summed E-state index contributed by atoms with van der Waals surface area (Å²) in [5.74, 6) is 1.41. The second kappa shape index (κ2) is 8.48. The van der Waals surface area contributed by atoms with E-state index in [1.807, 2.05) is 18.2 Å². The van der Waals surface area contributed by atoms with Gasteiger partial charge in [0.05, 0.1) is 5.69 Å². The van der Waals surface area contributed by atoms with E-state index in [1.54, 1.807) is 12.3 Å². The highest BCUT2D eigenvalue weighted by molar-refractivity contribution is 5.48.